The maximum absolute atomic E-state index is 11.9. The number of amides is 1. The maximum atomic E-state index is 11.9. The van der Waals surface area contributed by atoms with Crippen LogP contribution in [0.3, 0.4) is 0 Å². The van der Waals surface area contributed by atoms with Crippen LogP contribution in [0, 0.1) is 13.8 Å². The smallest absolute Gasteiger partial charge is 0.254 e. The Morgan fingerprint density at radius 2 is 1.96 bits per heavy atom. The number of rotatable bonds is 6. The zero-order chi connectivity index (χ0) is 17.9. The van der Waals surface area contributed by atoms with Crippen molar-refractivity contribution in [3.05, 3.63) is 63.7 Å². The Labute approximate surface area is 147 Å². The molecule has 2 N–H and O–H groups in total. The predicted molar refractivity (Wildman–Crippen MR) is 95.3 cm³/mol. The largest absolute Gasteiger partial charge is 0.489 e. The second-order valence-electron chi connectivity index (χ2n) is 5.93. The molecular formula is C19H22ClNO3. The summed E-state index contributed by atoms with van der Waals surface area (Å²) in [6.07, 6.45) is 0. The molecule has 2 aromatic rings. The molecule has 1 unspecified atom stereocenters. The Morgan fingerprint density at radius 1 is 1.25 bits per heavy atom. The van der Waals surface area contributed by atoms with Crippen LogP contribution < -0.4 is 10.5 Å². The van der Waals surface area contributed by atoms with Gasteiger partial charge in [0.15, 0.2) is 5.60 Å². The molecule has 0 heterocycles. The molecule has 2 rings (SSSR count). The van der Waals surface area contributed by atoms with Crippen molar-refractivity contribution in [3.63, 3.8) is 0 Å². The molecule has 0 aliphatic rings. The van der Waals surface area contributed by atoms with E-state index in [9.17, 15) is 4.79 Å². The fourth-order valence-corrected chi connectivity index (χ4v) is 2.94. The highest BCUT2D eigenvalue weighted by Crippen LogP contribution is 2.34. The molecule has 0 saturated heterocycles. The zero-order valence-electron chi connectivity index (χ0n) is 14.4. The first kappa shape index (κ1) is 18.3. The Kier molecular flexibility index (Phi) is 5.52. The first-order valence-corrected chi connectivity index (χ1v) is 8.00. The fraction of sp³-hybridized carbons (Fsp3) is 0.316. The zero-order valence-corrected chi connectivity index (χ0v) is 15.1. The first-order chi connectivity index (χ1) is 11.3. The molecule has 24 heavy (non-hydrogen) atoms. The molecule has 2 aromatic carbocycles. The number of aryl methyl sites for hydroxylation is 2. The van der Waals surface area contributed by atoms with Gasteiger partial charge in [-0.1, -0.05) is 35.9 Å². The summed E-state index contributed by atoms with van der Waals surface area (Å²) in [5.41, 5.74) is 7.66. The summed E-state index contributed by atoms with van der Waals surface area (Å²) < 4.78 is 11.3. The van der Waals surface area contributed by atoms with Crippen LogP contribution in [0.1, 0.15) is 29.2 Å². The van der Waals surface area contributed by atoms with Crippen molar-refractivity contribution in [1.82, 2.24) is 0 Å². The van der Waals surface area contributed by atoms with E-state index in [-0.39, 0.29) is 6.61 Å². The number of benzene rings is 2. The van der Waals surface area contributed by atoms with E-state index in [2.05, 4.69) is 0 Å². The van der Waals surface area contributed by atoms with Crippen molar-refractivity contribution in [1.29, 1.82) is 0 Å². The van der Waals surface area contributed by atoms with Gasteiger partial charge in [-0.05, 0) is 49.6 Å². The lowest BCUT2D eigenvalue weighted by atomic mass is 9.90. The number of nitrogens with two attached hydrogens (primary N) is 1. The van der Waals surface area contributed by atoms with Crippen LogP contribution in [-0.2, 0) is 21.7 Å². The molecule has 0 spiro atoms. The summed E-state index contributed by atoms with van der Waals surface area (Å²) in [5.74, 6) is 0.185. The number of hydrogen-bond acceptors (Lipinski definition) is 3. The number of hydrogen-bond donors (Lipinski definition) is 1. The van der Waals surface area contributed by atoms with Crippen LogP contribution in [0.15, 0.2) is 36.4 Å². The van der Waals surface area contributed by atoms with Gasteiger partial charge in [0.1, 0.15) is 12.4 Å². The van der Waals surface area contributed by atoms with Crippen molar-refractivity contribution in [2.45, 2.75) is 33.0 Å². The lowest BCUT2D eigenvalue weighted by Crippen LogP contribution is -2.41. The molecule has 0 aliphatic carbocycles. The summed E-state index contributed by atoms with van der Waals surface area (Å²) in [6, 6.07) is 11.4. The maximum Gasteiger partial charge on any atom is 0.254 e. The summed E-state index contributed by atoms with van der Waals surface area (Å²) >= 11 is 6.33. The van der Waals surface area contributed by atoms with Gasteiger partial charge in [0, 0.05) is 17.7 Å². The Morgan fingerprint density at radius 3 is 2.58 bits per heavy atom. The number of carbonyl (C=O) groups excluding carboxylic acids is 1. The standard InChI is InChI=1S/C19H22ClNO3/c1-12-8-9-13(2)16(10-12)24-11-14-6-5-7-15(20)17(14)19(3,23-4)18(21)22/h5-10H,11H2,1-4H3,(H2,21,22). The third-order valence-electron chi connectivity index (χ3n) is 4.18. The molecule has 0 aromatic heterocycles. The average molecular weight is 348 g/mol. The first-order valence-electron chi connectivity index (χ1n) is 7.62. The lowest BCUT2D eigenvalue weighted by molar-refractivity contribution is -0.139. The van der Waals surface area contributed by atoms with Crippen LogP contribution in [-0.4, -0.2) is 13.0 Å². The third-order valence-corrected chi connectivity index (χ3v) is 4.50. The highest BCUT2D eigenvalue weighted by Gasteiger charge is 2.37. The van der Waals surface area contributed by atoms with Crippen LogP contribution in [0.4, 0.5) is 0 Å². The van der Waals surface area contributed by atoms with Gasteiger partial charge in [0.05, 0.1) is 0 Å². The normalized spacial score (nSPS) is 13.4. The van der Waals surface area contributed by atoms with E-state index in [0.717, 1.165) is 22.4 Å². The van der Waals surface area contributed by atoms with E-state index < -0.39 is 11.5 Å². The molecular weight excluding hydrogens is 326 g/mol. The van der Waals surface area contributed by atoms with Crippen molar-refractivity contribution < 1.29 is 14.3 Å². The summed E-state index contributed by atoms with van der Waals surface area (Å²) in [6.45, 7) is 5.85. The van der Waals surface area contributed by atoms with Crippen LogP contribution in [0.5, 0.6) is 5.75 Å². The Balaban J connectivity index is 2.40. The second kappa shape index (κ2) is 7.24. The van der Waals surface area contributed by atoms with Crippen LogP contribution in [0.2, 0.25) is 5.02 Å². The number of primary amides is 1. The van der Waals surface area contributed by atoms with Crippen LogP contribution >= 0.6 is 11.6 Å². The van der Waals surface area contributed by atoms with Gasteiger partial charge in [0.25, 0.3) is 5.91 Å². The van der Waals surface area contributed by atoms with Gasteiger partial charge in [-0.25, -0.2) is 0 Å². The highest BCUT2D eigenvalue weighted by molar-refractivity contribution is 6.31. The number of halogens is 1. The second-order valence-corrected chi connectivity index (χ2v) is 6.34. The van der Waals surface area contributed by atoms with E-state index in [1.807, 2.05) is 44.2 Å². The number of carbonyl (C=O) groups is 1. The highest BCUT2D eigenvalue weighted by atomic mass is 35.5. The van der Waals surface area contributed by atoms with Gasteiger partial charge in [-0.3, -0.25) is 4.79 Å². The Hall–Kier alpha value is -2.04. The lowest BCUT2D eigenvalue weighted by Gasteiger charge is -2.28. The number of methoxy groups -OCH3 is 1. The minimum Gasteiger partial charge on any atom is -0.489 e. The Bertz CT molecular complexity index is 760. The average Bonchev–Trinajstić information content (AvgIpc) is 2.54. The van der Waals surface area contributed by atoms with Crippen molar-refractivity contribution in [2.75, 3.05) is 7.11 Å². The van der Waals surface area contributed by atoms with Crippen molar-refractivity contribution in [2.24, 2.45) is 5.73 Å². The van der Waals surface area contributed by atoms with Gasteiger partial charge in [0.2, 0.25) is 0 Å². The summed E-state index contributed by atoms with van der Waals surface area (Å²) in [4.78, 5) is 11.9. The molecule has 128 valence electrons. The molecule has 1 amide bonds. The minimum atomic E-state index is -1.32. The van der Waals surface area contributed by atoms with Crippen molar-refractivity contribution in [3.8, 4) is 5.75 Å². The van der Waals surface area contributed by atoms with E-state index in [1.54, 1.807) is 13.0 Å². The topological polar surface area (TPSA) is 61.5 Å². The van der Waals surface area contributed by atoms with Gasteiger partial charge in [-0.15, -0.1) is 0 Å². The fourth-order valence-electron chi connectivity index (χ4n) is 2.57. The molecule has 0 bridgehead atoms. The quantitative estimate of drug-likeness (QED) is 0.862. The van der Waals surface area contributed by atoms with Gasteiger partial charge >= 0.3 is 0 Å². The molecule has 0 fully saturated rings. The van der Waals surface area contributed by atoms with Gasteiger partial charge in [-0.2, -0.15) is 0 Å². The monoisotopic (exact) mass is 347 g/mol. The molecule has 0 aliphatic heterocycles. The molecule has 0 radical (unpaired) electrons. The SMILES string of the molecule is COC(C)(C(N)=O)c1c(Cl)cccc1COc1cc(C)ccc1C. The van der Waals surface area contributed by atoms with Crippen LogP contribution in [0.25, 0.3) is 0 Å². The summed E-state index contributed by atoms with van der Waals surface area (Å²) in [5, 5.41) is 0.417. The predicted octanol–water partition coefficient (Wildman–Crippen LogP) is 3.88. The number of ether oxygens (including phenoxy) is 2. The van der Waals surface area contributed by atoms with E-state index >= 15 is 0 Å². The summed E-state index contributed by atoms with van der Waals surface area (Å²) in [7, 11) is 1.43. The van der Waals surface area contributed by atoms with Gasteiger partial charge < -0.3 is 15.2 Å². The molecule has 0 saturated carbocycles. The molecule has 5 heteroatoms. The minimum absolute atomic E-state index is 0.256. The van der Waals surface area contributed by atoms with E-state index in [0.29, 0.717) is 10.6 Å². The van der Waals surface area contributed by atoms with E-state index in [4.69, 9.17) is 26.8 Å². The molecule has 4 nitrogen and oxygen atoms in total. The van der Waals surface area contributed by atoms with E-state index in [1.165, 1.54) is 7.11 Å². The third kappa shape index (κ3) is 3.55. The van der Waals surface area contributed by atoms with Crippen molar-refractivity contribution >= 4 is 17.5 Å². The molecule has 1 atom stereocenters.